The van der Waals surface area contributed by atoms with Crippen molar-refractivity contribution in [2.45, 2.75) is 0 Å². The first-order chi connectivity index (χ1) is 1.41. The van der Waals surface area contributed by atoms with Gasteiger partial charge < -0.3 is 5.11 Å². The summed E-state index contributed by atoms with van der Waals surface area (Å²) in [5.41, 5.74) is 0. The van der Waals surface area contributed by atoms with Gasteiger partial charge in [-0.2, -0.15) is 0 Å². The molecule has 0 fully saturated rings. The first-order valence-corrected chi connectivity index (χ1v) is 0.666. The molecule has 0 amide bonds. The summed E-state index contributed by atoms with van der Waals surface area (Å²) in [7, 11) is 0. The summed E-state index contributed by atoms with van der Waals surface area (Å²) in [5.74, 6) is 0. The second-order valence-electron chi connectivity index (χ2n) is 0.183. The lowest BCUT2D eigenvalue weighted by molar-refractivity contribution is 0.476. The van der Waals surface area contributed by atoms with E-state index >= 15 is 0 Å². The first-order valence-electron chi connectivity index (χ1n) is 0.666. The SMILES string of the molecule is C=CO.[B]. The maximum atomic E-state index is 7.33. The van der Waals surface area contributed by atoms with Gasteiger partial charge in [0.25, 0.3) is 0 Å². The molecule has 0 aliphatic heterocycles. The second-order valence-corrected chi connectivity index (χ2v) is 0.183. The molecule has 0 aromatic heterocycles. The van der Waals surface area contributed by atoms with Gasteiger partial charge in [0.05, 0.1) is 6.26 Å². The van der Waals surface area contributed by atoms with Crippen LogP contribution in [0.25, 0.3) is 0 Å². The molecule has 1 N–H and O–H groups in total. The number of aliphatic hydroxyl groups is 1. The molecule has 4 heavy (non-hydrogen) atoms. The van der Waals surface area contributed by atoms with Crippen molar-refractivity contribution in [3.05, 3.63) is 12.8 Å². The number of hydrogen-bond donors (Lipinski definition) is 1. The van der Waals surface area contributed by atoms with Crippen LogP contribution < -0.4 is 0 Å². The highest BCUT2D eigenvalue weighted by atomic mass is 16.2. The molecule has 0 spiro atoms. The molecule has 1 nitrogen and oxygen atoms in total. The van der Waals surface area contributed by atoms with Crippen LogP contribution in [0.4, 0.5) is 0 Å². The highest BCUT2D eigenvalue weighted by Crippen LogP contribution is 1.26. The molecular weight excluding hydrogens is 50.8 g/mol. The van der Waals surface area contributed by atoms with E-state index in [0.29, 0.717) is 0 Å². The fourth-order valence-electron chi connectivity index (χ4n) is 0. The lowest BCUT2D eigenvalue weighted by Gasteiger charge is -1.41. The molecule has 0 saturated carbocycles. The first kappa shape index (κ1) is 9.50. The molecule has 0 rings (SSSR count). The lowest BCUT2D eigenvalue weighted by atomic mass is 10.8. The van der Waals surface area contributed by atoms with Crippen molar-refractivity contribution in [3.8, 4) is 0 Å². The Bertz CT molecular complexity index is 13.5. The lowest BCUT2D eigenvalue weighted by Crippen LogP contribution is -1.25. The van der Waals surface area contributed by atoms with Gasteiger partial charge in [0.1, 0.15) is 0 Å². The van der Waals surface area contributed by atoms with Crippen LogP contribution in [0, 0.1) is 0 Å². The van der Waals surface area contributed by atoms with E-state index in [4.69, 9.17) is 5.11 Å². The van der Waals surface area contributed by atoms with Gasteiger partial charge in [0.15, 0.2) is 0 Å². The van der Waals surface area contributed by atoms with E-state index in [9.17, 15) is 0 Å². The van der Waals surface area contributed by atoms with Crippen LogP contribution in [0.3, 0.4) is 0 Å². The van der Waals surface area contributed by atoms with E-state index in [2.05, 4.69) is 6.58 Å². The molecular formula is C2H4BO. The minimum absolute atomic E-state index is 0. The Morgan fingerprint density at radius 1 is 1.75 bits per heavy atom. The zero-order valence-corrected chi connectivity index (χ0v) is 2.31. The molecule has 0 aromatic carbocycles. The maximum Gasteiger partial charge on any atom is 0.0719 e. The molecule has 2 heteroatoms. The predicted octanol–water partition coefficient (Wildman–Crippen LogP) is 0.307. The van der Waals surface area contributed by atoms with E-state index in [1.807, 2.05) is 0 Å². The number of aliphatic hydroxyl groups excluding tert-OH is 1. The van der Waals surface area contributed by atoms with Crippen LogP contribution in [0.15, 0.2) is 12.8 Å². The number of rotatable bonds is 0. The molecule has 0 heterocycles. The largest absolute Gasteiger partial charge is 0.516 e. The Hall–Kier alpha value is -0.395. The van der Waals surface area contributed by atoms with Crippen molar-refractivity contribution in [2.75, 3.05) is 0 Å². The van der Waals surface area contributed by atoms with Gasteiger partial charge in [-0.05, 0) is 0 Å². The van der Waals surface area contributed by atoms with Gasteiger partial charge in [-0.15, -0.1) is 0 Å². The van der Waals surface area contributed by atoms with Crippen LogP contribution in [0.2, 0.25) is 0 Å². The zero-order chi connectivity index (χ0) is 2.71. The summed E-state index contributed by atoms with van der Waals surface area (Å²) >= 11 is 0. The van der Waals surface area contributed by atoms with Gasteiger partial charge >= 0.3 is 0 Å². The molecule has 21 valence electrons. The van der Waals surface area contributed by atoms with Crippen LogP contribution >= 0.6 is 0 Å². The van der Waals surface area contributed by atoms with Crippen molar-refractivity contribution in [1.29, 1.82) is 0 Å². The monoisotopic (exact) mass is 55.0 g/mol. The topological polar surface area (TPSA) is 20.2 Å². The fraction of sp³-hybridized carbons (Fsp3) is 0. The van der Waals surface area contributed by atoms with Gasteiger partial charge in [0.2, 0.25) is 0 Å². The fourth-order valence-corrected chi connectivity index (χ4v) is 0. The van der Waals surface area contributed by atoms with Gasteiger partial charge in [-0.25, -0.2) is 0 Å². The van der Waals surface area contributed by atoms with Crippen molar-refractivity contribution in [1.82, 2.24) is 0 Å². The Labute approximate surface area is 27.5 Å². The third kappa shape index (κ3) is 3.76. The molecule has 0 bridgehead atoms. The van der Waals surface area contributed by atoms with E-state index in [0.717, 1.165) is 6.26 Å². The third-order valence-corrected chi connectivity index (χ3v) is 0. The highest BCUT2D eigenvalue weighted by molar-refractivity contribution is 5.75. The smallest absolute Gasteiger partial charge is 0.0719 e. The average Bonchev–Trinajstić information content (AvgIpc) is 0.918. The summed E-state index contributed by atoms with van der Waals surface area (Å²) < 4.78 is 0. The normalized spacial score (nSPS) is 3.00. The van der Waals surface area contributed by atoms with E-state index in [-0.39, 0.29) is 8.41 Å². The minimum atomic E-state index is 0. The average molecular weight is 54.9 g/mol. The predicted molar refractivity (Wildman–Crippen MR) is 18.6 cm³/mol. The summed E-state index contributed by atoms with van der Waals surface area (Å²) in [6.45, 7) is 2.92. The highest BCUT2D eigenvalue weighted by Gasteiger charge is 1.11. The maximum absolute atomic E-state index is 7.33. The summed E-state index contributed by atoms with van der Waals surface area (Å²) in [6.07, 6.45) is 0.750. The quantitative estimate of drug-likeness (QED) is 0.312. The molecule has 0 aromatic rings. The molecule has 0 saturated heterocycles. The molecule has 3 radical (unpaired) electrons. The standard InChI is InChI=1S/C2H4O.B/c1-2-3;/h2-3H,1H2;. The number of hydrogen-bond acceptors (Lipinski definition) is 1. The van der Waals surface area contributed by atoms with Gasteiger partial charge in [0, 0.05) is 8.41 Å². The molecule has 0 aliphatic rings. The van der Waals surface area contributed by atoms with E-state index < -0.39 is 0 Å². The Morgan fingerprint density at radius 3 is 1.75 bits per heavy atom. The van der Waals surface area contributed by atoms with Crippen LogP contribution in [-0.4, -0.2) is 13.5 Å². The van der Waals surface area contributed by atoms with Gasteiger partial charge in [-0.1, -0.05) is 6.58 Å². The Morgan fingerprint density at radius 2 is 1.75 bits per heavy atom. The summed E-state index contributed by atoms with van der Waals surface area (Å²) in [6, 6.07) is 0. The third-order valence-electron chi connectivity index (χ3n) is 0. The second kappa shape index (κ2) is 18.3. The summed E-state index contributed by atoms with van der Waals surface area (Å²) in [4.78, 5) is 0. The zero-order valence-electron chi connectivity index (χ0n) is 2.31. The molecule has 0 unspecified atom stereocenters. The van der Waals surface area contributed by atoms with Crippen molar-refractivity contribution >= 4 is 8.41 Å². The Kier molecular flexibility index (Phi) is 43.5. The van der Waals surface area contributed by atoms with Crippen LogP contribution in [0.5, 0.6) is 0 Å². The van der Waals surface area contributed by atoms with E-state index in [1.165, 1.54) is 0 Å². The molecule has 0 aliphatic carbocycles. The van der Waals surface area contributed by atoms with Crippen molar-refractivity contribution in [2.24, 2.45) is 0 Å². The van der Waals surface area contributed by atoms with Crippen molar-refractivity contribution < 1.29 is 5.11 Å². The molecule has 0 atom stereocenters. The van der Waals surface area contributed by atoms with Crippen molar-refractivity contribution in [3.63, 3.8) is 0 Å². The minimum Gasteiger partial charge on any atom is -0.516 e. The van der Waals surface area contributed by atoms with Crippen LogP contribution in [-0.2, 0) is 0 Å². The Balaban J connectivity index is 0. The van der Waals surface area contributed by atoms with Crippen LogP contribution in [0.1, 0.15) is 0 Å². The summed E-state index contributed by atoms with van der Waals surface area (Å²) in [5, 5.41) is 7.33. The van der Waals surface area contributed by atoms with Gasteiger partial charge in [-0.3, -0.25) is 0 Å². The van der Waals surface area contributed by atoms with E-state index in [1.54, 1.807) is 0 Å².